The van der Waals surface area contributed by atoms with Gasteiger partial charge in [-0.2, -0.15) is 0 Å². The maximum absolute atomic E-state index is 12.2. The second kappa shape index (κ2) is 10.7. The summed E-state index contributed by atoms with van der Waals surface area (Å²) in [5.74, 6) is -0.841. The molecule has 1 aromatic carbocycles. The summed E-state index contributed by atoms with van der Waals surface area (Å²) in [5, 5.41) is 3.04. The van der Waals surface area contributed by atoms with Crippen LogP contribution in [0.1, 0.15) is 32.4 Å². The van der Waals surface area contributed by atoms with E-state index in [9.17, 15) is 9.59 Å². The Balaban J connectivity index is 2.95. The lowest BCUT2D eigenvalue weighted by Crippen LogP contribution is -2.42. The maximum Gasteiger partial charge on any atom is 0.337 e. The van der Waals surface area contributed by atoms with E-state index < -0.39 is 18.1 Å². The molecule has 0 aliphatic rings. The quantitative estimate of drug-likeness (QED) is 0.662. The van der Waals surface area contributed by atoms with Crippen molar-refractivity contribution in [3.8, 4) is 0 Å². The van der Waals surface area contributed by atoms with Crippen LogP contribution in [0.15, 0.2) is 30.3 Å². The molecule has 2 atom stereocenters. The van der Waals surface area contributed by atoms with Crippen LogP contribution in [-0.2, 0) is 23.8 Å². The first-order valence-corrected chi connectivity index (χ1v) is 7.86. The molecular weight excluding hydrogens is 298 g/mol. The van der Waals surface area contributed by atoms with Crippen molar-refractivity contribution in [3.63, 3.8) is 0 Å². The average Bonchev–Trinajstić information content (AvgIpc) is 2.55. The van der Waals surface area contributed by atoms with Gasteiger partial charge in [0.1, 0.15) is 0 Å². The van der Waals surface area contributed by atoms with Crippen LogP contribution in [0.5, 0.6) is 0 Å². The highest BCUT2D eigenvalue weighted by molar-refractivity contribution is 5.76. The van der Waals surface area contributed by atoms with E-state index in [-0.39, 0.29) is 19.1 Å². The summed E-state index contributed by atoms with van der Waals surface area (Å²) in [6.45, 7) is 6.20. The summed E-state index contributed by atoms with van der Waals surface area (Å²) in [6.07, 6.45) is -0.836. The lowest BCUT2D eigenvalue weighted by molar-refractivity contribution is -0.159. The molecule has 1 N–H and O–H groups in total. The SMILES string of the molecule is CCOC(=O)CN[C@H](c1ccccc1)[C@@H](OCC)C(=O)OCC. The molecular formula is C17H25NO5. The Kier molecular flexibility index (Phi) is 8.94. The van der Waals surface area contributed by atoms with E-state index in [1.165, 1.54) is 0 Å². The molecule has 0 aliphatic heterocycles. The number of nitrogens with one attached hydrogen (secondary N) is 1. The summed E-state index contributed by atoms with van der Waals surface area (Å²) < 4.78 is 15.6. The molecule has 23 heavy (non-hydrogen) atoms. The van der Waals surface area contributed by atoms with Gasteiger partial charge in [-0.15, -0.1) is 0 Å². The molecule has 0 aliphatic carbocycles. The highest BCUT2D eigenvalue weighted by Crippen LogP contribution is 2.20. The van der Waals surface area contributed by atoms with Gasteiger partial charge in [0.15, 0.2) is 6.10 Å². The molecule has 0 radical (unpaired) electrons. The Morgan fingerprint density at radius 2 is 1.65 bits per heavy atom. The van der Waals surface area contributed by atoms with Gasteiger partial charge in [0.25, 0.3) is 0 Å². The minimum atomic E-state index is -0.836. The van der Waals surface area contributed by atoms with Crippen molar-refractivity contribution in [2.75, 3.05) is 26.4 Å². The molecule has 0 amide bonds. The van der Waals surface area contributed by atoms with E-state index >= 15 is 0 Å². The Morgan fingerprint density at radius 1 is 1.00 bits per heavy atom. The van der Waals surface area contributed by atoms with E-state index in [0.29, 0.717) is 13.2 Å². The first-order chi connectivity index (χ1) is 11.1. The summed E-state index contributed by atoms with van der Waals surface area (Å²) >= 11 is 0. The molecule has 0 saturated heterocycles. The zero-order chi connectivity index (χ0) is 17.1. The summed E-state index contributed by atoms with van der Waals surface area (Å²) in [5.41, 5.74) is 0.836. The maximum atomic E-state index is 12.2. The molecule has 0 unspecified atom stereocenters. The Labute approximate surface area is 137 Å². The topological polar surface area (TPSA) is 73.9 Å². The average molecular weight is 323 g/mol. The highest BCUT2D eigenvalue weighted by atomic mass is 16.6. The third-order valence-electron chi connectivity index (χ3n) is 3.10. The monoisotopic (exact) mass is 323 g/mol. The van der Waals surface area contributed by atoms with Crippen molar-refractivity contribution in [1.82, 2.24) is 5.32 Å². The molecule has 6 heteroatoms. The molecule has 0 spiro atoms. The number of hydrogen-bond acceptors (Lipinski definition) is 6. The third-order valence-corrected chi connectivity index (χ3v) is 3.10. The van der Waals surface area contributed by atoms with Crippen molar-refractivity contribution in [3.05, 3.63) is 35.9 Å². The fraction of sp³-hybridized carbons (Fsp3) is 0.529. The molecule has 1 aromatic rings. The van der Waals surface area contributed by atoms with Gasteiger partial charge in [0.2, 0.25) is 0 Å². The molecule has 0 bridgehead atoms. The summed E-state index contributed by atoms with van der Waals surface area (Å²) in [7, 11) is 0. The fourth-order valence-corrected chi connectivity index (χ4v) is 2.17. The van der Waals surface area contributed by atoms with Crippen LogP contribution in [0.4, 0.5) is 0 Å². The molecule has 128 valence electrons. The van der Waals surface area contributed by atoms with Crippen molar-refractivity contribution < 1.29 is 23.8 Å². The largest absolute Gasteiger partial charge is 0.465 e. The minimum absolute atomic E-state index is 0.0175. The van der Waals surface area contributed by atoms with Crippen LogP contribution >= 0.6 is 0 Å². The van der Waals surface area contributed by atoms with Crippen LogP contribution in [0.2, 0.25) is 0 Å². The van der Waals surface area contributed by atoms with E-state index in [0.717, 1.165) is 5.56 Å². The smallest absolute Gasteiger partial charge is 0.337 e. The van der Waals surface area contributed by atoms with Crippen molar-refractivity contribution in [2.45, 2.75) is 32.9 Å². The van der Waals surface area contributed by atoms with Gasteiger partial charge in [-0.1, -0.05) is 30.3 Å². The van der Waals surface area contributed by atoms with Gasteiger partial charge in [0, 0.05) is 6.61 Å². The van der Waals surface area contributed by atoms with E-state index in [4.69, 9.17) is 14.2 Å². The van der Waals surface area contributed by atoms with Crippen LogP contribution in [0, 0.1) is 0 Å². The molecule has 6 nitrogen and oxygen atoms in total. The number of esters is 2. The first-order valence-electron chi connectivity index (χ1n) is 7.86. The normalized spacial score (nSPS) is 13.2. The second-order valence-corrected chi connectivity index (χ2v) is 4.70. The van der Waals surface area contributed by atoms with Crippen molar-refractivity contribution in [1.29, 1.82) is 0 Å². The predicted molar refractivity (Wildman–Crippen MR) is 85.9 cm³/mol. The molecule has 0 saturated carbocycles. The van der Waals surface area contributed by atoms with Gasteiger partial charge in [-0.25, -0.2) is 4.79 Å². The molecule has 0 aromatic heterocycles. The molecule has 0 fully saturated rings. The van der Waals surface area contributed by atoms with E-state index in [2.05, 4.69) is 5.32 Å². The van der Waals surface area contributed by atoms with E-state index in [1.54, 1.807) is 20.8 Å². The van der Waals surface area contributed by atoms with Crippen LogP contribution in [0.25, 0.3) is 0 Å². The number of carbonyl (C=O) groups is 2. The van der Waals surface area contributed by atoms with Gasteiger partial charge in [-0.3, -0.25) is 10.1 Å². The highest BCUT2D eigenvalue weighted by Gasteiger charge is 2.31. The zero-order valence-corrected chi connectivity index (χ0v) is 13.9. The summed E-state index contributed by atoms with van der Waals surface area (Å²) in [4.78, 5) is 23.8. The number of benzene rings is 1. The first kappa shape index (κ1) is 19.1. The van der Waals surface area contributed by atoms with Gasteiger partial charge >= 0.3 is 11.9 Å². The third kappa shape index (κ3) is 6.38. The van der Waals surface area contributed by atoms with Crippen LogP contribution < -0.4 is 5.32 Å². The van der Waals surface area contributed by atoms with Crippen molar-refractivity contribution >= 4 is 11.9 Å². The molecule has 0 heterocycles. The minimum Gasteiger partial charge on any atom is -0.465 e. The number of ether oxygens (including phenoxy) is 3. The number of carbonyl (C=O) groups excluding carboxylic acids is 2. The lowest BCUT2D eigenvalue weighted by Gasteiger charge is -2.26. The van der Waals surface area contributed by atoms with Gasteiger partial charge in [0.05, 0.1) is 25.8 Å². The van der Waals surface area contributed by atoms with Crippen molar-refractivity contribution in [2.24, 2.45) is 0 Å². The van der Waals surface area contributed by atoms with Gasteiger partial charge in [-0.05, 0) is 26.3 Å². The van der Waals surface area contributed by atoms with Gasteiger partial charge < -0.3 is 14.2 Å². The summed E-state index contributed by atoms with van der Waals surface area (Å²) in [6, 6.07) is 8.85. The number of rotatable bonds is 10. The molecule has 1 rings (SSSR count). The Morgan fingerprint density at radius 3 is 2.22 bits per heavy atom. The van der Waals surface area contributed by atoms with Crippen LogP contribution in [-0.4, -0.2) is 44.4 Å². The standard InChI is InChI=1S/C17H25NO5/c1-4-21-14(19)12-18-15(13-10-8-7-9-11-13)16(22-5-2)17(20)23-6-3/h7-11,15-16,18H,4-6,12H2,1-3H3/t15-,16-/m1/s1. The zero-order valence-electron chi connectivity index (χ0n) is 13.9. The Bertz CT molecular complexity index is 477. The second-order valence-electron chi connectivity index (χ2n) is 4.70. The van der Waals surface area contributed by atoms with Crippen LogP contribution in [0.3, 0.4) is 0 Å². The predicted octanol–water partition coefficient (Wildman–Crippen LogP) is 1.85. The fourth-order valence-electron chi connectivity index (χ4n) is 2.17. The van der Waals surface area contributed by atoms with E-state index in [1.807, 2.05) is 30.3 Å². The number of hydrogen-bond donors (Lipinski definition) is 1. The Hall–Kier alpha value is -1.92. The lowest BCUT2D eigenvalue weighted by atomic mass is 10.0.